The Morgan fingerprint density at radius 1 is 1.40 bits per heavy atom. The third kappa shape index (κ3) is 4.43. The molecule has 0 aromatic carbocycles. The van der Waals surface area contributed by atoms with Gasteiger partial charge in [0.1, 0.15) is 0 Å². The normalized spacial score (nSPS) is 18.1. The SMILES string of the molecule is CC(C)(C)c1csc(NS(=O)(=O)CC2CCNCC2)n1. The fourth-order valence-corrected chi connectivity index (χ4v) is 4.90. The minimum absolute atomic E-state index is 0.0603. The highest BCUT2D eigenvalue weighted by atomic mass is 32.2. The zero-order valence-electron chi connectivity index (χ0n) is 12.3. The van der Waals surface area contributed by atoms with Crippen LogP contribution >= 0.6 is 11.3 Å². The Hall–Kier alpha value is -0.660. The Kier molecular flexibility index (Phi) is 4.71. The molecule has 2 heterocycles. The Balaban J connectivity index is 1.99. The quantitative estimate of drug-likeness (QED) is 0.893. The van der Waals surface area contributed by atoms with Crippen molar-refractivity contribution in [2.45, 2.75) is 39.0 Å². The molecular weight excluding hydrogens is 294 g/mol. The van der Waals surface area contributed by atoms with Crippen molar-refractivity contribution in [2.75, 3.05) is 23.6 Å². The molecule has 1 aliphatic rings. The number of thiazole rings is 1. The first-order valence-corrected chi connectivity index (χ1v) is 9.47. The summed E-state index contributed by atoms with van der Waals surface area (Å²) in [5, 5.41) is 5.64. The lowest BCUT2D eigenvalue weighted by Crippen LogP contribution is -2.33. The summed E-state index contributed by atoms with van der Waals surface area (Å²) < 4.78 is 26.9. The fourth-order valence-electron chi connectivity index (χ4n) is 2.20. The Labute approximate surface area is 125 Å². The number of anilines is 1. The molecule has 0 unspecified atom stereocenters. The minimum Gasteiger partial charge on any atom is -0.317 e. The molecular formula is C13H23N3O2S2. The van der Waals surface area contributed by atoms with Crippen LogP contribution in [-0.2, 0) is 15.4 Å². The molecule has 0 atom stereocenters. The summed E-state index contributed by atoms with van der Waals surface area (Å²) in [5.74, 6) is 0.440. The highest BCUT2D eigenvalue weighted by Crippen LogP contribution is 2.27. The highest BCUT2D eigenvalue weighted by molar-refractivity contribution is 7.92. The second-order valence-electron chi connectivity index (χ2n) is 6.36. The molecule has 0 aliphatic carbocycles. The summed E-state index contributed by atoms with van der Waals surface area (Å²) in [7, 11) is -3.30. The summed E-state index contributed by atoms with van der Waals surface area (Å²) in [5.41, 5.74) is 0.858. The predicted molar refractivity (Wildman–Crippen MR) is 83.8 cm³/mol. The summed E-state index contributed by atoms with van der Waals surface area (Å²) in [6.45, 7) is 8.01. The lowest BCUT2D eigenvalue weighted by atomic mass is 9.93. The van der Waals surface area contributed by atoms with Crippen LogP contribution in [0.3, 0.4) is 0 Å². The van der Waals surface area contributed by atoms with E-state index in [2.05, 4.69) is 35.8 Å². The van der Waals surface area contributed by atoms with Gasteiger partial charge in [0.15, 0.2) is 5.13 Å². The van der Waals surface area contributed by atoms with Crippen LogP contribution in [0.5, 0.6) is 0 Å². The van der Waals surface area contributed by atoms with Crippen molar-refractivity contribution in [3.05, 3.63) is 11.1 Å². The van der Waals surface area contributed by atoms with Gasteiger partial charge in [-0.15, -0.1) is 11.3 Å². The minimum atomic E-state index is -3.30. The average molecular weight is 317 g/mol. The van der Waals surface area contributed by atoms with Crippen molar-refractivity contribution in [1.82, 2.24) is 10.3 Å². The van der Waals surface area contributed by atoms with Gasteiger partial charge in [-0.05, 0) is 31.8 Å². The van der Waals surface area contributed by atoms with Crippen LogP contribution in [0.1, 0.15) is 39.3 Å². The maximum atomic E-state index is 12.2. The topological polar surface area (TPSA) is 71.1 Å². The van der Waals surface area contributed by atoms with E-state index < -0.39 is 10.0 Å². The molecule has 1 aliphatic heterocycles. The number of hydrogen-bond acceptors (Lipinski definition) is 5. The Bertz CT molecular complexity index is 540. The van der Waals surface area contributed by atoms with Crippen LogP contribution in [0.4, 0.5) is 5.13 Å². The second kappa shape index (κ2) is 5.99. The Morgan fingerprint density at radius 2 is 2.05 bits per heavy atom. The maximum Gasteiger partial charge on any atom is 0.234 e. The van der Waals surface area contributed by atoms with Crippen molar-refractivity contribution in [3.63, 3.8) is 0 Å². The lowest BCUT2D eigenvalue weighted by molar-refractivity contribution is 0.402. The zero-order chi connectivity index (χ0) is 14.8. The van der Waals surface area contributed by atoms with Crippen molar-refractivity contribution in [3.8, 4) is 0 Å². The summed E-state index contributed by atoms with van der Waals surface area (Å²) in [6, 6.07) is 0. The predicted octanol–water partition coefficient (Wildman–Crippen LogP) is 2.18. The van der Waals surface area contributed by atoms with Gasteiger partial charge in [0, 0.05) is 10.8 Å². The molecule has 1 saturated heterocycles. The molecule has 2 rings (SSSR count). The van der Waals surface area contributed by atoms with E-state index in [1.54, 1.807) is 0 Å². The number of aromatic nitrogens is 1. The van der Waals surface area contributed by atoms with E-state index in [1.807, 2.05) is 5.38 Å². The van der Waals surface area contributed by atoms with Gasteiger partial charge in [-0.2, -0.15) is 0 Å². The van der Waals surface area contributed by atoms with Crippen LogP contribution in [0.2, 0.25) is 0 Å². The Morgan fingerprint density at radius 3 is 2.60 bits per heavy atom. The van der Waals surface area contributed by atoms with Crippen LogP contribution in [0.15, 0.2) is 5.38 Å². The standard InChI is InChI=1S/C13H23N3O2S2/c1-13(2,3)11-8-19-12(15-11)16-20(17,18)9-10-4-6-14-7-5-10/h8,10,14H,4-7,9H2,1-3H3,(H,15,16). The number of hydrogen-bond donors (Lipinski definition) is 2. The third-order valence-electron chi connectivity index (χ3n) is 3.43. The number of rotatable bonds is 4. The number of piperidine rings is 1. The summed E-state index contributed by atoms with van der Waals surface area (Å²) in [6.07, 6.45) is 1.85. The molecule has 0 spiro atoms. The molecule has 2 N–H and O–H groups in total. The molecule has 114 valence electrons. The van der Waals surface area contributed by atoms with Gasteiger partial charge in [0.25, 0.3) is 0 Å². The average Bonchev–Trinajstić information content (AvgIpc) is 2.77. The zero-order valence-corrected chi connectivity index (χ0v) is 13.9. The molecule has 0 amide bonds. The van der Waals surface area contributed by atoms with Crippen LogP contribution in [0.25, 0.3) is 0 Å². The van der Waals surface area contributed by atoms with Crippen LogP contribution in [0, 0.1) is 5.92 Å². The first-order chi connectivity index (χ1) is 9.26. The molecule has 1 aromatic rings. The van der Waals surface area contributed by atoms with Crippen molar-refractivity contribution < 1.29 is 8.42 Å². The van der Waals surface area contributed by atoms with Crippen LogP contribution in [-0.4, -0.2) is 32.2 Å². The highest BCUT2D eigenvalue weighted by Gasteiger charge is 2.23. The number of sulfonamides is 1. The summed E-state index contributed by atoms with van der Waals surface area (Å²) >= 11 is 1.35. The number of nitrogens with zero attached hydrogens (tertiary/aromatic N) is 1. The van der Waals surface area contributed by atoms with E-state index in [0.29, 0.717) is 5.13 Å². The molecule has 0 bridgehead atoms. The summed E-state index contributed by atoms with van der Waals surface area (Å²) in [4.78, 5) is 4.38. The molecule has 1 fully saturated rings. The van der Waals surface area contributed by atoms with E-state index in [9.17, 15) is 8.42 Å². The molecule has 0 radical (unpaired) electrons. The third-order valence-corrected chi connectivity index (χ3v) is 5.73. The molecule has 5 nitrogen and oxygen atoms in total. The molecule has 0 saturated carbocycles. The first kappa shape index (κ1) is 15.7. The van der Waals surface area contributed by atoms with Crippen molar-refractivity contribution >= 4 is 26.5 Å². The van der Waals surface area contributed by atoms with E-state index >= 15 is 0 Å². The maximum absolute atomic E-state index is 12.2. The van der Waals surface area contributed by atoms with Crippen LogP contribution < -0.4 is 10.0 Å². The molecule has 20 heavy (non-hydrogen) atoms. The molecule has 1 aromatic heterocycles. The van der Waals surface area contributed by atoms with E-state index in [4.69, 9.17) is 0 Å². The fraction of sp³-hybridized carbons (Fsp3) is 0.769. The van der Waals surface area contributed by atoms with E-state index in [-0.39, 0.29) is 17.1 Å². The van der Waals surface area contributed by atoms with Gasteiger partial charge >= 0.3 is 0 Å². The van der Waals surface area contributed by atoms with Gasteiger partial charge in [-0.3, -0.25) is 4.72 Å². The lowest BCUT2D eigenvalue weighted by Gasteiger charge is -2.22. The van der Waals surface area contributed by atoms with E-state index in [1.165, 1.54) is 11.3 Å². The first-order valence-electron chi connectivity index (χ1n) is 6.93. The number of nitrogens with one attached hydrogen (secondary N) is 2. The van der Waals surface area contributed by atoms with Crippen molar-refractivity contribution in [1.29, 1.82) is 0 Å². The monoisotopic (exact) mass is 317 g/mol. The van der Waals surface area contributed by atoms with Gasteiger partial charge in [-0.1, -0.05) is 20.8 Å². The van der Waals surface area contributed by atoms with Gasteiger partial charge in [-0.25, -0.2) is 13.4 Å². The van der Waals surface area contributed by atoms with Gasteiger partial charge in [0.05, 0.1) is 11.4 Å². The van der Waals surface area contributed by atoms with Crippen molar-refractivity contribution in [2.24, 2.45) is 5.92 Å². The largest absolute Gasteiger partial charge is 0.317 e. The smallest absolute Gasteiger partial charge is 0.234 e. The second-order valence-corrected chi connectivity index (χ2v) is 8.99. The van der Waals surface area contributed by atoms with Gasteiger partial charge < -0.3 is 5.32 Å². The molecule has 7 heteroatoms. The van der Waals surface area contributed by atoms with Gasteiger partial charge in [0.2, 0.25) is 10.0 Å². The van der Waals surface area contributed by atoms with E-state index in [0.717, 1.165) is 31.6 Å².